The summed E-state index contributed by atoms with van der Waals surface area (Å²) in [6.07, 6.45) is 3.46. The number of halogens is 2. The number of fused-ring (bicyclic) bond motifs is 6. The normalized spacial score (nSPS) is 28.9. The molecule has 0 spiro atoms. The predicted octanol–water partition coefficient (Wildman–Crippen LogP) is 3.01. The number of benzene rings is 2. The maximum absolute atomic E-state index is 14.0. The Morgan fingerprint density at radius 3 is 2.62 bits per heavy atom. The molecule has 2 aliphatic heterocycles. The molecule has 0 radical (unpaired) electrons. The van der Waals surface area contributed by atoms with Gasteiger partial charge >= 0.3 is 0 Å². The van der Waals surface area contributed by atoms with Crippen LogP contribution in [-0.2, 0) is 36.2 Å². The lowest BCUT2D eigenvalue weighted by atomic mass is 9.73. The van der Waals surface area contributed by atoms with Gasteiger partial charge in [-0.2, -0.15) is 8.42 Å². The van der Waals surface area contributed by atoms with Crippen LogP contribution in [0.1, 0.15) is 24.8 Å². The predicted molar refractivity (Wildman–Crippen MR) is 142 cm³/mol. The number of nitrogens with zero attached hydrogens (tertiary/aromatic N) is 2. The van der Waals surface area contributed by atoms with Gasteiger partial charge in [-0.1, -0.05) is 17.7 Å². The number of sulfonamides is 2. The van der Waals surface area contributed by atoms with Crippen LogP contribution in [0.5, 0.6) is 0 Å². The minimum absolute atomic E-state index is 0.0252. The number of amides is 1. The second-order valence-corrected chi connectivity index (χ2v) is 14.3. The molecular weight excluding hydrogens is 571 g/mol. The van der Waals surface area contributed by atoms with Gasteiger partial charge in [0.1, 0.15) is 16.5 Å². The first-order chi connectivity index (χ1) is 18.3. The zero-order chi connectivity index (χ0) is 27.9. The number of ketones is 1. The van der Waals surface area contributed by atoms with E-state index in [2.05, 4.69) is 14.4 Å². The third-order valence-electron chi connectivity index (χ3n) is 8.05. The van der Waals surface area contributed by atoms with E-state index in [9.17, 15) is 30.8 Å². The van der Waals surface area contributed by atoms with E-state index in [-0.39, 0.29) is 57.3 Å². The molecule has 2 aliphatic carbocycles. The van der Waals surface area contributed by atoms with Crippen LogP contribution in [0.3, 0.4) is 0 Å². The van der Waals surface area contributed by atoms with Gasteiger partial charge in [0, 0.05) is 29.2 Å². The maximum atomic E-state index is 14.0. The molecule has 3 fully saturated rings. The molecular formula is C25H24ClFN4O6S2. The summed E-state index contributed by atoms with van der Waals surface area (Å²) in [5, 5.41) is 3.00. The smallest absolute Gasteiger partial charge is 0.286 e. The Hall–Kier alpha value is -3.03. The van der Waals surface area contributed by atoms with Gasteiger partial charge in [0.15, 0.2) is 11.7 Å². The van der Waals surface area contributed by atoms with Crippen LogP contribution in [0, 0.1) is 29.5 Å². The van der Waals surface area contributed by atoms with Crippen molar-refractivity contribution < 1.29 is 30.8 Å². The second-order valence-electron chi connectivity index (χ2n) is 10.5. The fraction of sp³-hybridized carbons (Fsp3) is 0.400. The summed E-state index contributed by atoms with van der Waals surface area (Å²) in [5.41, 5.74) is 0.614. The topological polar surface area (TPSA) is 142 Å². The molecule has 1 unspecified atom stereocenters. The molecule has 1 saturated heterocycles. The van der Waals surface area contributed by atoms with Crippen molar-refractivity contribution in [2.45, 2.75) is 36.7 Å². The first-order valence-corrected chi connectivity index (χ1v) is 16.1. The second kappa shape index (κ2) is 9.00. The molecule has 206 valence electrons. The van der Waals surface area contributed by atoms with Gasteiger partial charge in [-0.3, -0.25) is 14.3 Å². The number of nitrogens with one attached hydrogen (secondary N) is 2. The van der Waals surface area contributed by atoms with Crippen LogP contribution in [0.25, 0.3) is 0 Å². The summed E-state index contributed by atoms with van der Waals surface area (Å²) in [5.74, 6) is -3.49. The van der Waals surface area contributed by atoms with Crippen molar-refractivity contribution >= 4 is 60.5 Å². The van der Waals surface area contributed by atoms with Crippen molar-refractivity contribution in [2.24, 2.45) is 28.1 Å². The Kier molecular flexibility index (Phi) is 6.05. The van der Waals surface area contributed by atoms with E-state index in [0.717, 1.165) is 37.7 Å². The summed E-state index contributed by atoms with van der Waals surface area (Å²) in [6, 6.07) is 7.40. The summed E-state index contributed by atoms with van der Waals surface area (Å²) in [7, 11) is -8.04. The number of amidine groups is 1. The zero-order valence-corrected chi connectivity index (χ0v) is 23.0. The summed E-state index contributed by atoms with van der Waals surface area (Å²) in [6.45, 7) is 0.0449. The number of piperidine rings is 1. The van der Waals surface area contributed by atoms with Crippen LogP contribution < -0.4 is 10.0 Å². The van der Waals surface area contributed by atoms with E-state index in [1.807, 2.05) is 0 Å². The molecule has 2 aromatic rings. The van der Waals surface area contributed by atoms with Crippen LogP contribution >= 0.6 is 11.6 Å². The SMILES string of the molecule is CS(=O)(=O)Nc1ccc2c(c1)S(=O)(=O)N=C(C1C(=O)[C@@H]3[C@H]4CC[C@H](C4)[C@@H]3N(Cc3ccc(F)cc3Cl)C1=O)N2. The number of hydrogen-bond donors (Lipinski definition) is 2. The molecule has 39 heavy (non-hydrogen) atoms. The van der Waals surface area contributed by atoms with Gasteiger partial charge in [0.25, 0.3) is 10.0 Å². The summed E-state index contributed by atoms with van der Waals surface area (Å²) < 4.78 is 69.2. The number of anilines is 2. The Balaban J connectivity index is 1.38. The van der Waals surface area contributed by atoms with Crippen LogP contribution in [0.15, 0.2) is 45.7 Å². The molecule has 6 rings (SSSR count). The third-order valence-corrected chi connectivity index (χ3v) is 10.3. The van der Waals surface area contributed by atoms with Crippen LogP contribution in [0.4, 0.5) is 15.8 Å². The lowest BCUT2D eigenvalue weighted by Crippen LogP contribution is -2.61. The van der Waals surface area contributed by atoms with Crippen molar-refractivity contribution in [3.05, 3.63) is 52.8 Å². The lowest BCUT2D eigenvalue weighted by molar-refractivity contribution is -0.153. The highest BCUT2D eigenvalue weighted by Gasteiger charge is 2.60. The van der Waals surface area contributed by atoms with Gasteiger partial charge in [0.05, 0.1) is 11.9 Å². The average Bonchev–Trinajstić information content (AvgIpc) is 3.45. The van der Waals surface area contributed by atoms with Gasteiger partial charge in [0.2, 0.25) is 15.9 Å². The number of Topliss-reactive ketones (excluding diaryl/α,β-unsaturated/α-hetero) is 1. The van der Waals surface area contributed by atoms with Gasteiger partial charge in [-0.15, -0.1) is 4.40 Å². The Bertz CT molecular complexity index is 1680. The van der Waals surface area contributed by atoms with Crippen LogP contribution in [0.2, 0.25) is 5.02 Å². The molecule has 2 bridgehead atoms. The zero-order valence-electron chi connectivity index (χ0n) is 20.6. The molecule has 4 aliphatic rings. The van der Waals surface area contributed by atoms with E-state index >= 15 is 0 Å². The molecule has 5 atom stereocenters. The van der Waals surface area contributed by atoms with E-state index in [1.165, 1.54) is 24.3 Å². The molecule has 2 heterocycles. The fourth-order valence-corrected chi connectivity index (χ4v) is 8.55. The highest BCUT2D eigenvalue weighted by molar-refractivity contribution is 7.92. The Morgan fingerprint density at radius 1 is 1.15 bits per heavy atom. The first-order valence-electron chi connectivity index (χ1n) is 12.3. The van der Waals surface area contributed by atoms with Gasteiger partial charge in [-0.05, 0) is 67.0 Å². The molecule has 2 saturated carbocycles. The van der Waals surface area contributed by atoms with Gasteiger partial charge < -0.3 is 10.2 Å². The van der Waals surface area contributed by atoms with Crippen LogP contribution in [-0.4, -0.2) is 51.6 Å². The maximum Gasteiger partial charge on any atom is 0.286 e. The fourth-order valence-electron chi connectivity index (χ4n) is 6.59. The molecule has 10 nitrogen and oxygen atoms in total. The van der Waals surface area contributed by atoms with Crippen molar-refractivity contribution in [2.75, 3.05) is 16.3 Å². The quantitative estimate of drug-likeness (QED) is 0.507. The molecule has 0 aromatic heterocycles. The summed E-state index contributed by atoms with van der Waals surface area (Å²) >= 11 is 6.28. The molecule has 1 amide bonds. The number of carbonyl (C=O) groups excluding carboxylic acids is 2. The number of hydrogen-bond acceptors (Lipinski definition) is 7. The minimum Gasteiger partial charge on any atom is -0.341 e. The molecule has 2 aromatic carbocycles. The Morgan fingerprint density at radius 2 is 1.90 bits per heavy atom. The molecule has 2 N–H and O–H groups in total. The Labute approximate surface area is 229 Å². The number of rotatable bonds is 5. The van der Waals surface area contributed by atoms with E-state index in [0.29, 0.717) is 5.56 Å². The van der Waals surface area contributed by atoms with E-state index in [1.54, 1.807) is 4.90 Å². The summed E-state index contributed by atoms with van der Waals surface area (Å²) in [4.78, 5) is 29.1. The lowest BCUT2D eigenvalue weighted by Gasteiger charge is -2.46. The highest BCUT2D eigenvalue weighted by Crippen LogP contribution is 2.54. The highest BCUT2D eigenvalue weighted by atomic mass is 35.5. The van der Waals surface area contributed by atoms with E-state index < -0.39 is 43.6 Å². The van der Waals surface area contributed by atoms with E-state index in [4.69, 9.17) is 11.6 Å². The minimum atomic E-state index is -4.38. The monoisotopic (exact) mass is 594 g/mol. The molecule has 14 heteroatoms. The van der Waals surface area contributed by atoms with Crippen molar-refractivity contribution in [3.8, 4) is 0 Å². The van der Waals surface area contributed by atoms with Crippen molar-refractivity contribution in [1.82, 2.24) is 4.90 Å². The first kappa shape index (κ1) is 26.2. The standard InChI is InChI=1S/C25H24ClFN4O6S2/c1-38(34,35)29-16-6-7-18-19(10-16)39(36,37)30-24(28-18)21-23(32)20-12-2-3-13(8-12)22(20)31(25(21)33)11-14-4-5-15(27)9-17(14)26/h4-7,9-10,12-13,20-22,29H,2-3,8,11H2,1H3,(H,28,30)/t12-,13+,20+,21?,22-/m0/s1. The van der Waals surface area contributed by atoms with Gasteiger partial charge in [-0.25, -0.2) is 12.8 Å². The van der Waals surface area contributed by atoms with Crippen molar-refractivity contribution in [3.63, 3.8) is 0 Å². The van der Waals surface area contributed by atoms with Crippen molar-refractivity contribution in [1.29, 1.82) is 0 Å². The largest absolute Gasteiger partial charge is 0.341 e. The average molecular weight is 595 g/mol. The number of carbonyl (C=O) groups is 2. The third kappa shape index (κ3) is 4.49. The number of likely N-dealkylation sites (tertiary alicyclic amines) is 1.